The molecule has 7 atom stereocenters. The molecule has 1 aromatic rings. The van der Waals surface area contributed by atoms with Gasteiger partial charge in [0, 0.05) is 13.5 Å². The molecule has 1 aromatic carbocycles. The van der Waals surface area contributed by atoms with Crippen molar-refractivity contribution in [3.05, 3.63) is 29.3 Å². The molecule has 0 saturated heterocycles. The molecule has 1 N–H and O–H groups in total. The number of rotatable bonds is 17. The Hall–Kier alpha value is -1.53. The van der Waals surface area contributed by atoms with Crippen LogP contribution >= 0.6 is 0 Å². The van der Waals surface area contributed by atoms with E-state index in [4.69, 9.17) is 9.47 Å². The average molecular weight is 685 g/mol. The Bertz CT molecular complexity index is 1240. The average Bonchev–Trinajstić information content (AvgIpc) is 3.21. The number of hydrogen-bond donors (Lipinski definition) is 1. The van der Waals surface area contributed by atoms with Crippen LogP contribution in [0.4, 0.5) is 26.3 Å². The lowest BCUT2D eigenvalue weighted by atomic mass is 9.52. The first-order chi connectivity index (χ1) is 21.6. The van der Waals surface area contributed by atoms with Crippen LogP contribution in [0.5, 0.6) is 5.75 Å². The van der Waals surface area contributed by atoms with Crippen molar-refractivity contribution < 1.29 is 49.3 Å². The molecule has 2 fully saturated rings. The number of ether oxygens (including phenoxy) is 2. The van der Waals surface area contributed by atoms with Gasteiger partial charge in [-0.05, 0) is 97.3 Å². The molecule has 46 heavy (non-hydrogen) atoms. The zero-order chi connectivity index (χ0) is 33.8. The molecule has 3 aliphatic rings. The van der Waals surface area contributed by atoms with Crippen LogP contribution in [-0.2, 0) is 21.0 Å². The molecule has 0 radical (unpaired) electrons. The van der Waals surface area contributed by atoms with Crippen LogP contribution in [0.2, 0.25) is 0 Å². The standard InChI is InChI=1S/C34H50F6O5S/c1-32-16-14-27-26-13-12-25(45-22-44-2)20-24(26)19-23(30(27)28(32)21-29(35)31(32)41)11-8-6-4-3-5-7-9-17-46(42,43)18-10-15-33(36,37)34(38,39)40/h12-13,20,23,27-31,41H,3-11,14-19,21-22H2,1-2H3/t23-,27-,28+,29-,30-,31+,32+/m1/s1. The molecule has 4 rings (SSSR count). The van der Waals surface area contributed by atoms with E-state index in [2.05, 4.69) is 19.1 Å². The number of unbranched alkanes of at least 4 members (excludes halogenated alkanes) is 6. The zero-order valence-electron chi connectivity index (χ0n) is 27.0. The summed E-state index contributed by atoms with van der Waals surface area (Å²) in [5.74, 6) is -3.82. The van der Waals surface area contributed by atoms with Crippen molar-refractivity contribution >= 4 is 9.84 Å². The molecule has 5 nitrogen and oxygen atoms in total. The minimum Gasteiger partial charge on any atom is -0.468 e. The summed E-state index contributed by atoms with van der Waals surface area (Å²) in [5.41, 5.74) is 2.20. The van der Waals surface area contributed by atoms with Crippen molar-refractivity contribution in [1.29, 1.82) is 0 Å². The fourth-order valence-corrected chi connectivity index (χ4v) is 10.0. The number of sulfone groups is 1. The van der Waals surface area contributed by atoms with E-state index < -0.39 is 58.2 Å². The highest BCUT2D eigenvalue weighted by Gasteiger charge is 2.60. The third-order valence-electron chi connectivity index (χ3n) is 11.0. The predicted octanol–water partition coefficient (Wildman–Crippen LogP) is 8.57. The number of benzene rings is 1. The topological polar surface area (TPSA) is 72.8 Å². The molecule has 0 bridgehead atoms. The van der Waals surface area contributed by atoms with Crippen LogP contribution in [0.1, 0.15) is 107 Å². The summed E-state index contributed by atoms with van der Waals surface area (Å²) in [4.78, 5) is 0. The Morgan fingerprint density at radius 1 is 0.978 bits per heavy atom. The third kappa shape index (κ3) is 8.73. The SMILES string of the molecule is COCOc1ccc2c(c1)C[C@@H](CCCCCCCCCS(=O)(=O)CCCC(F)(F)C(F)(F)F)[C@@H]1[C@@H]2CC[C@]2(C)[C@@H](O)[C@H](F)C[C@@H]12. The number of fused-ring (bicyclic) bond motifs is 5. The fraction of sp³-hybridized carbons (Fsp3) is 0.824. The van der Waals surface area contributed by atoms with Crippen LogP contribution in [-0.4, -0.2) is 63.3 Å². The van der Waals surface area contributed by atoms with E-state index in [-0.39, 0.29) is 18.5 Å². The van der Waals surface area contributed by atoms with E-state index in [1.807, 2.05) is 6.07 Å². The lowest BCUT2D eigenvalue weighted by molar-refractivity contribution is -0.284. The number of methoxy groups -OCH3 is 1. The lowest BCUT2D eigenvalue weighted by Crippen LogP contribution is -2.47. The summed E-state index contributed by atoms with van der Waals surface area (Å²) < 4.78 is 113. The summed E-state index contributed by atoms with van der Waals surface area (Å²) in [6.45, 7) is 2.25. The molecule has 0 heterocycles. The third-order valence-corrected chi connectivity index (χ3v) is 12.9. The molecule has 3 aliphatic carbocycles. The predicted molar refractivity (Wildman–Crippen MR) is 165 cm³/mol. The summed E-state index contributed by atoms with van der Waals surface area (Å²) in [6, 6.07) is 6.26. The van der Waals surface area contributed by atoms with Gasteiger partial charge in [-0.3, -0.25) is 0 Å². The van der Waals surface area contributed by atoms with Gasteiger partial charge >= 0.3 is 12.1 Å². The number of aliphatic hydroxyl groups excluding tert-OH is 1. The number of halogens is 6. The monoisotopic (exact) mass is 684 g/mol. The Morgan fingerprint density at radius 2 is 1.63 bits per heavy atom. The Kier molecular flexibility index (Phi) is 12.4. The second-order valence-corrected chi connectivity index (χ2v) is 16.4. The highest BCUT2D eigenvalue weighted by atomic mass is 32.2. The second kappa shape index (κ2) is 15.3. The number of hydrogen-bond acceptors (Lipinski definition) is 5. The van der Waals surface area contributed by atoms with E-state index in [0.717, 1.165) is 63.5 Å². The van der Waals surface area contributed by atoms with Gasteiger partial charge in [-0.1, -0.05) is 51.5 Å². The lowest BCUT2D eigenvalue weighted by Gasteiger charge is -2.53. The summed E-state index contributed by atoms with van der Waals surface area (Å²) in [5, 5.41) is 10.8. The van der Waals surface area contributed by atoms with Crippen LogP contribution < -0.4 is 4.74 Å². The van der Waals surface area contributed by atoms with E-state index >= 15 is 0 Å². The van der Waals surface area contributed by atoms with Gasteiger partial charge in [-0.15, -0.1) is 0 Å². The van der Waals surface area contributed by atoms with Crippen molar-refractivity contribution in [3.8, 4) is 5.75 Å². The maximum absolute atomic E-state index is 14.9. The van der Waals surface area contributed by atoms with Gasteiger partial charge in [0.2, 0.25) is 0 Å². The van der Waals surface area contributed by atoms with Crippen LogP contribution in [0, 0.1) is 23.2 Å². The van der Waals surface area contributed by atoms with E-state index in [9.17, 15) is 39.9 Å². The smallest absolute Gasteiger partial charge is 0.453 e. The Labute approximate surface area is 269 Å². The van der Waals surface area contributed by atoms with Gasteiger partial charge in [-0.2, -0.15) is 22.0 Å². The Morgan fingerprint density at radius 3 is 2.30 bits per heavy atom. The molecule has 0 spiro atoms. The molecule has 264 valence electrons. The first-order valence-electron chi connectivity index (χ1n) is 16.8. The van der Waals surface area contributed by atoms with E-state index in [1.165, 1.54) is 11.1 Å². The summed E-state index contributed by atoms with van der Waals surface area (Å²) in [6.07, 6.45) is -0.180. The summed E-state index contributed by atoms with van der Waals surface area (Å²) in [7, 11) is -2.09. The highest BCUT2D eigenvalue weighted by Crippen LogP contribution is 2.63. The normalized spacial score (nSPS) is 29.7. The highest BCUT2D eigenvalue weighted by molar-refractivity contribution is 7.91. The molecular formula is C34H50F6O5S. The Balaban J connectivity index is 1.23. The first kappa shape index (κ1) is 37.3. The van der Waals surface area contributed by atoms with Crippen molar-refractivity contribution in [2.24, 2.45) is 23.2 Å². The van der Waals surface area contributed by atoms with Crippen molar-refractivity contribution in [3.63, 3.8) is 0 Å². The molecule has 0 aromatic heterocycles. The molecular weight excluding hydrogens is 634 g/mol. The second-order valence-electron chi connectivity index (χ2n) is 14.1. The van der Waals surface area contributed by atoms with Crippen molar-refractivity contribution in [1.82, 2.24) is 0 Å². The molecule has 0 unspecified atom stereocenters. The van der Waals surface area contributed by atoms with Crippen molar-refractivity contribution in [2.75, 3.05) is 25.4 Å². The molecule has 2 saturated carbocycles. The van der Waals surface area contributed by atoms with Crippen LogP contribution in [0.25, 0.3) is 0 Å². The fourth-order valence-electron chi connectivity index (χ4n) is 8.58. The molecule has 0 amide bonds. The minimum atomic E-state index is -5.67. The van der Waals surface area contributed by atoms with Crippen molar-refractivity contribution in [2.45, 2.75) is 127 Å². The minimum absolute atomic E-state index is 0.135. The maximum atomic E-state index is 14.9. The van der Waals surface area contributed by atoms with Gasteiger partial charge < -0.3 is 14.6 Å². The first-order valence-corrected chi connectivity index (χ1v) is 18.6. The zero-order valence-corrected chi connectivity index (χ0v) is 27.8. The molecule has 12 heteroatoms. The number of alkyl halides is 6. The number of aliphatic hydroxyl groups is 1. The van der Waals surface area contributed by atoms with Crippen LogP contribution in [0.3, 0.4) is 0 Å². The quantitative estimate of drug-likeness (QED) is 0.101. The van der Waals surface area contributed by atoms with Gasteiger partial charge in [0.25, 0.3) is 0 Å². The van der Waals surface area contributed by atoms with E-state index in [1.54, 1.807) is 7.11 Å². The van der Waals surface area contributed by atoms with Gasteiger partial charge in [0.15, 0.2) is 6.79 Å². The van der Waals surface area contributed by atoms with Gasteiger partial charge in [0.05, 0.1) is 17.6 Å². The maximum Gasteiger partial charge on any atom is 0.453 e. The van der Waals surface area contributed by atoms with Gasteiger partial charge in [0.1, 0.15) is 21.8 Å². The van der Waals surface area contributed by atoms with Gasteiger partial charge in [-0.25, -0.2) is 12.8 Å². The van der Waals surface area contributed by atoms with E-state index in [0.29, 0.717) is 37.0 Å². The van der Waals surface area contributed by atoms with Crippen LogP contribution in [0.15, 0.2) is 18.2 Å². The largest absolute Gasteiger partial charge is 0.468 e. The summed E-state index contributed by atoms with van der Waals surface area (Å²) >= 11 is 0. The molecule has 0 aliphatic heterocycles.